The van der Waals surface area contributed by atoms with E-state index in [-0.39, 0.29) is 10.6 Å². The first-order valence-corrected chi connectivity index (χ1v) is 9.66. The Bertz CT molecular complexity index is 1170. The number of anilines is 1. The van der Waals surface area contributed by atoms with Gasteiger partial charge in [0.15, 0.2) is 15.5 Å². The van der Waals surface area contributed by atoms with Crippen LogP contribution in [0.1, 0.15) is 5.56 Å². The van der Waals surface area contributed by atoms with Gasteiger partial charge in [-0.1, -0.05) is 48.5 Å². The minimum Gasteiger partial charge on any atom is -0.384 e. The number of aromatic nitrogens is 3. The molecule has 0 saturated heterocycles. The fourth-order valence-electron chi connectivity index (χ4n) is 2.81. The van der Waals surface area contributed by atoms with Crippen LogP contribution in [0.5, 0.6) is 0 Å². The van der Waals surface area contributed by atoms with E-state index in [0.29, 0.717) is 22.7 Å². The van der Waals surface area contributed by atoms with Gasteiger partial charge in [-0.15, -0.1) is 0 Å². The van der Waals surface area contributed by atoms with Crippen LogP contribution in [-0.2, 0) is 15.6 Å². The SMILES string of the molecule is Nc1cc(-c2ccccc2)nc2c(CS(=O)(=O)c3ccccc3)cnn12. The molecular weight excluding hydrogens is 348 g/mol. The number of hydrogen-bond acceptors (Lipinski definition) is 5. The summed E-state index contributed by atoms with van der Waals surface area (Å²) in [5.74, 6) is 0.211. The Labute approximate surface area is 150 Å². The summed E-state index contributed by atoms with van der Waals surface area (Å²) >= 11 is 0. The number of nitrogen functional groups attached to an aromatic ring is 1. The van der Waals surface area contributed by atoms with Crippen molar-refractivity contribution in [3.8, 4) is 11.3 Å². The highest BCUT2D eigenvalue weighted by Gasteiger charge is 2.19. The third kappa shape index (κ3) is 2.93. The highest BCUT2D eigenvalue weighted by atomic mass is 32.2. The van der Waals surface area contributed by atoms with Gasteiger partial charge >= 0.3 is 0 Å². The molecule has 0 aliphatic heterocycles. The molecule has 0 saturated carbocycles. The second-order valence-corrected chi connectivity index (χ2v) is 7.90. The average Bonchev–Trinajstić information content (AvgIpc) is 3.06. The van der Waals surface area contributed by atoms with Crippen molar-refractivity contribution in [1.29, 1.82) is 0 Å². The Morgan fingerprint density at radius 3 is 2.31 bits per heavy atom. The summed E-state index contributed by atoms with van der Waals surface area (Å²) in [6, 6.07) is 19.7. The number of nitrogens with two attached hydrogens (primary N) is 1. The van der Waals surface area contributed by atoms with Crippen LogP contribution in [0.15, 0.2) is 77.8 Å². The summed E-state index contributed by atoms with van der Waals surface area (Å²) in [5, 5.41) is 4.20. The quantitative estimate of drug-likeness (QED) is 0.601. The molecule has 0 amide bonds. The van der Waals surface area contributed by atoms with Crippen molar-refractivity contribution in [1.82, 2.24) is 14.6 Å². The molecule has 6 nitrogen and oxygen atoms in total. The number of hydrogen-bond donors (Lipinski definition) is 1. The highest BCUT2D eigenvalue weighted by Crippen LogP contribution is 2.24. The average molecular weight is 364 g/mol. The molecule has 2 N–H and O–H groups in total. The highest BCUT2D eigenvalue weighted by molar-refractivity contribution is 7.90. The molecule has 0 unspecified atom stereocenters. The number of fused-ring (bicyclic) bond motifs is 1. The lowest BCUT2D eigenvalue weighted by molar-refractivity contribution is 0.595. The molecule has 0 radical (unpaired) electrons. The second kappa shape index (κ2) is 6.27. The molecule has 4 rings (SSSR count). The molecule has 0 atom stereocenters. The summed E-state index contributed by atoms with van der Waals surface area (Å²) in [7, 11) is -3.50. The van der Waals surface area contributed by atoms with E-state index in [9.17, 15) is 8.42 Å². The molecule has 130 valence electrons. The van der Waals surface area contributed by atoms with Crippen LogP contribution in [0.25, 0.3) is 16.9 Å². The van der Waals surface area contributed by atoms with Crippen molar-refractivity contribution in [2.75, 3.05) is 5.73 Å². The number of nitrogens with zero attached hydrogens (tertiary/aromatic N) is 3. The smallest absolute Gasteiger partial charge is 0.182 e. The lowest BCUT2D eigenvalue weighted by Crippen LogP contribution is -2.06. The van der Waals surface area contributed by atoms with Gasteiger partial charge < -0.3 is 5.73 Å². The van der Waals surface area contributed by atoms with Crippen molar-refractivity contribution in [2.24, 2.45) is 0 Å². The molecular formula is C19H16N4O2S. The van der Waals surface area contributed by atoms with Gasteiger partial charge in [0.2, 0.25) is 0 Å². The molecule has 2 aromatic carbocycles. The molecule has 0 spiro atoms. The molecule has 2 heterocycles. The first kappa shape index (κ1) is 16.3. The first-order chi connectivity index (χ1) is 12.5. The van der Waals surface area contributed by atoms with Crippen molar-refractivity contribution in [3.63, 3.8) is 0 Å². The van der Waals surface area contributed by atoms with Crippen LogP contribution < -0.4 is 5.73 Å². The van der Waals surface area contributed by atoms with Crippen molar-refractivity contribution in [3.05, 3.63) is 78.5 Å². The van der Waals surface area contributed by atoms with Crippen molar-refractivity contribution >= 4 is 21.3 Å². The van der Waals surface area contributed by atoms with E-state index in [1.54, 1.807) is 36.4 Å². The summed E-state index contributed by atoms with van der Waals surface area (Å²) in [6.07, 6.45) is 1.51. The van der Waals surface area contributed by atoms with Gasteiger partial charge in [-0.05, 0) is 12.1 Å². The number of benzene rings is 2. The van der Waals surface area contributed by atoms with E-state index in [2.05, 4.69) is 10.1 Å². The van der Waals surface area contributed by atoms with Gasteiger partial charge in [0.1, 0.15) is 5.82 Å². The lowest BCUT2D eigenvalue weighted by atomic mass is 10.1. The van der Waals surface area contributed by atoms with E-state index in [1.807, 2.05) is 30.3 Å². The Morgan fingerprint density at radius 2 is 1.62 bits per heavy atom. The molecule has 0 aliphatic rings. The second-order valence-electron chi connectivity index (χ2n) is 5.91. The maximum Gasteiger partial charge on any atom is 0.182 e. The molecule has 2 aromatic heterocycles. The first-order valence-electron chi connectivity index (χ1n) is 8.01. The fourth-order valence-corrected chi connectivity index (χ4v) is 4.16. The van der Waals surface area contributed by atoms with Crippen LogP contribution in [0.4, 0.5) is 5.82 Å². The van der Waals surface area contributed by atoms with Crippen molar-refractivity contribution in [2.45, 2.75) is 10.6 Å². The minimum atomic E-state index is -3.50. The molecule has 0 bridgehead atoms. The summed E-state index contributed by atoms with van der Waals surface area (Å²) in [6.45, 7) is 0. The summed E-state index contributed by atoms with van der Waals surface area (Å²) in [4.78, 5) is 4.87. The normalized spacial score (nSPS) is 11.7. The Kier molecular flexibility index (Phi) is 3.93. The van der Waals surface area contributed by atoms with Crippen LogP contribution in [0.2, 0.25) is 0 Å². The van der Waals surface area contributed by atoms with E-state index in [4.69, 9.17) is 5.73 Å². The van der Waals surface area contributed by atoms with E-state index >= 15 is 0 Å². The van der Waals surface area contributed by atoms with E-state index in [1.165, 1.54) is 10.7 Å². The largest absolute Gasteiger partial charge is 0.384 e. The van der Waals surface area contributed by atoms with Crippen molar-refractivity contribution < 1.29 is 8.42 Å². The zero-order chi connectivity index (χ0) is 18.1. The summed E-state index contributed by atoms with van der Waals surface area (Å²) < 4.78 is 26.8. The van der Waals surface area contributed by atoms with Gasteiger partial charge in [0, 0.05) is 17.2 Å². The van der Waals surface area contributed by atoms with E-state index < -0.39 is 9.84 Å². The minimum absolute atomic E-state index is 0.189. The Hall–Kier alpha value is -3.19. The number of rotatable bonds is 4. The third-order valence-electron chi connectivity index (χ3n) is 4.09. The molecule has 4 aromatic rings. The fraction of sp³-hybridized carbons (Fsp3) is 0.0526. The van der Waals surface area contributed by atoms with Gasteiger partial charge in [-0.2, -0.15) is 9.61 Å². The predicted octanol–water partition coefficient (Wildman–Crippen LogP) is 2.95. The standard InChI is InChI=1S/C19H16N4O2S/c20-18-11-17(14-7-3-1-4-8-14)22-19-15(12-21-23(18)19)13-26(24,25)16-9-5-2-6-10-16/h1-12H,13,20H2. The van der Waals surface area contributed by atoms with Gasteiger partial charge in [-0.25, -0.2) is 13.4 Å². The lowest BCUT2D eigenvalue weighted by Gasteiger charge is -2.06. The molecule has 7 heteroatoms. The van der Waals surface area contributed by atoms with Gasteiger partial charge in [-0.3, -0.25) is 0 Å². The monoisotopic (exact) mass is 364 g/mol. The topological polar surface area (TPSA) is 90.3 Å². The zero-order valence-electron chi connectivity index (χ0n) is 13.8. The predicted molar refractivity (Wildman–Crippen MR) is 100 cm³/mol. The van der Waals surface area contributed by atoms with Gasteiger partial charge in [0.05, 0.1) is 22.5 Å². The van der Waals surface area contributed by atoms with Crippen LogP contribution >= 0.6 is 0 Å². The zero-order valence-corrected chi connectivity index (χ0v) is 14.6. The Morgan fingerprint density at radius 1 is 0.962 bits per heavy atom. The molecule has 0 aliphatic carbocycles. The third-order valence-corrected chi connectivity index (χ3v) is 5.77. The van der Waals surface area contributed by atoms with E-state index in [0.717, 1.165) is 5.56 Å². The molecule has 26 heavy (non-hydrogen) atoms. The maximum atomic E-state index is 12.7. The van der Waals surface area contributed by atoms with Gasteiger partial charge in [0.25, 0.3) is 0 Å². The number of sulfone groups is 1. The van der Waals surface area contributed by atoms with Crippen LogP contribution in [0, 0.1) is 0 Å². The summed E-state index contributed by atoms with van der Waals surface area (Å²) in [5.41, 5.74) is 8.63. The maximum absolute atomic E-state index is 12.7. The van der Waals surface area contributed by atoms with Crippen LogP contribution in [0.3, 0.4) is 0 Å². The molecule has 0 fully saturated rings. The van der Waals surface area contributed by atoms with Crippen LogP contribution in [-0.4, -0.2) is 23.0 Å². The Balaban J connectivity index is 1.81.